The number of rotatable bonds is 6. The Morgan fingerprint density at radius 1 is 1.04 bits per heavy atom. The summed E-state index contributed by atoms with van der Waals surface area (Å²) < 4.78 is 5.48. The van der Waals surface area contributed by atoms with Crippen LogP contribution in [0.2, 0.25) is 0 Å². The number of esters is 1. The van der Waals surface area contributed by atoms with E-state index in [0.717, 1.165) is 31.2 Å². The van der Waals surface area contributed by atoms with Crippen LogP contribution in [0.1, 0.15) is 43.2 Å². The lowest BCUT2D eigenvalue weighted by Crippen LogP contribution is -2.35. The number of carbonyl (C=O) groups excluding carboxylic acids is 2. The highest BCUT2D eigenvalue weighted by atomic mass is 16.5. The van der Waals surface area contributed by atoms with Crippen LogP contribution in [0.3, 0.4) is 0 Å². The molecule has 0 saturated heterocycles. The topological polar surface area (TPSA) is 79.2 Å². The van der Waals surface area contributed by atoms with Crippen LogP contribution in [0.15, 0.2) is 54.6 Å². The molecule has 1 saturated carbocycles. The molecule has 0 aromatic heterocycles. The standard InChI is InChI=1S/C22H22N2O3/c23-16-17-8-4-5-11-19(17)24-20(25)12-15-27-21(26)22(13-6-7-14-22)18-9-2-1-3-10-18/h1-5,8-11H,6-7,12-15H2,(H,24,25). The van der Waals surface area contributed by atoms with Gasteiger partial charge in [0.25, 0.3) is 0 Å². The number of nitrogens with zero attached hydrogens (tertiary/aromatic N) is 1. The van der Waals surface area contributed by atoms with Crippen molar-refractivity contribution in [2.75, 3.05) is 11.9 Å². The molecule has 0 heterocycles. The predicted octanol–water partition coefficient (Wildman–Crippen LogP) is 3.94. The maximum atomic E-state index is 12.8. The molecule has 1 aliphatic rings. The molecule has 27 heavy (non-hydrogen) atoms. The summed E-state index contributed by atoms with van der Waals surface area (Å²) in [6.45, 7) is 0.0218. The maximum absolute atomic E-state index is 12.8. The minimum atomic E-state index is -0.592. The lowest BCUT2D eigenvalue weighted by atomic mass is 9.79. The molecule has 1 fully saturated rings. The number of para-hydroxylation sites is 1. The smallest absolute Gasteiger partial charge is 0.316 e. The van der Waals surface area contributed by atoms with Gasteiger partial charge in [0, 0.05) is 0 Å². The molecule has 0 aliphatic heterocycles. The van der Waals surface area contributed by atoms with Crippen LogP contribution in [0.5, 0.6) is 0 Å². The number of amides is 1. The lowest BCUT2D eigenvalue weighted by Gasteiger charge is -2.27. The molecule has 2 aromatic carbocycles. The van der Waals surface area contributed by atoms with Crippen molar-refractivity contribution in [3.05, 3.63) is 65.7 Å². The maximum Gasteiger partial charge on any atom is 0.316 e. The third-order valence-electron chi connectivity index (χ3n) is 5.06. The molecular formula is C22H22N2O3. The molecule has 1 amide bonds. The van der Waals surface area contributed by atoms with Crippen LogP contribution in [0, 0.1) is 11.3 Å². The number of hydrogen-bond acceptors (Lipinski definition) is 4. The highest BCUT2D eigenvalue weighted by Crippen LogP contribution is 2.42. The highest BCUT2D eigenvalue weighted by Gasteiger charge is 2.44. The van der Waals surface area contributed by atoms with E-state index in [4.69, 9.17) is 10.00 Å². The van der Waals surface area contributed by atoms with E-state index in [-0.39, 0.29) is 24.9 Å². The summed E-state index contributed by atoms with van der Waals surface area (Å²) in [7, 11) is 0. The summed E-state index contributed by atoms with van der Waals surface area (Å²) >= 11 is 0. The second kappa shape index (κ2) is 8.50. The summed E-state index contributed by atoms with van der Waals surface area (Å²) in [6, 6.07) is 18.6. The number of benzene rings is 2. The molecule has 5 nitrogen and oxygen atoms in total. The van der Waals surface area contributed by atoms with Gasteiger partial charge in [-0.05, 0) is 30.5 Å². The molecule has 2 aromatic rings. The first-order chi connectivity index (χ1) is 13.2. The first-order valence-corrected chi connectivity index (χ1v) is 9.17. The monoisotopic (exact) mass is 362 g/mol. The van der Waals surface area contributed by atoms with Crippen LogP contribution in [0.4, 0.5) is 5.69 Å². The van der Waals surface area contributed by atoms with Gasteiger partial charge in [0.1, 0.15) is 12.7 Å². The molecule has 0 unspecified atom stereocenters. The van der Waals surface area contributed by atoms with Gasteiger partial charge >= 0.3 is 5.97 Å². The Morgan fingerprint density at radius 3 is 2.41 bits per heavy atom. The van der Waals surface area contributed by atoms with Gasteiger partial charge in [0.15, 0.2) is 0 Å². The van der Waals surface area contributed by atoms with Crippen LogP contribution in [-0.4, -0.2) is 18.5 Å². The van der Waals surface area contributed by atoms with Crippen molar-refractivity contribution in [2.24, 2.45) is 0 Å². The first-order valence-electron chi connectivity index (χ1n) is 9.17. The molecule has 0 radical (unpaired) electrons. The number of anilines is 1. The van der Waals surface area contributed by atoms with Crippen molar-refractivity contribution in [3.8, 4) is 6.07 Å². The van der Waals surface area contributed by atoms with Crippen LogP contribution >= 0.6 is 0 Å². The van der Waals surface area contributed by atoms with Crippen molar-refractivity contribution in [3.63, 3.8) is 0 Å². The van der Waals surface area contributed by atoms with E-state index >= 15 is 0 Å². The zero-order chi connectivity index (χ0) is 19.1. The van der Waals surface area contributed by atoms with E-state index in [2.05, 4.69) is 5.32 Å². The van der Waals surface area contributed by atoms with Gasteiger partial charge in [-0.1, -0.05) is 55.3 Å². The summed E-state index contributed by atoms with van der Waals surface area (Å²) in [6.07, 6.45) is 3.59. The van der Waals surface area contributed by atoms with E-state index in [9.17, 15) is 9.59 Å². The molecule has 0 atom stereocenters. The van der Waals surface area contributed by atoms with Crippen LogP contribution in [0.25, 0.3) is 0 Å². The molecule has 3 rings (SSSR count). The van der Waals surface area contributed by atoms with Crippen molar-refractivity contribution in [1.82, 2.24) is 0 Å². The van der Waals surface area contributed by atoms with E-state index in [1.807, 2.05) is 36.4 Å². The Balaban J connectivity index is 1.57. The largest absolute Gasteiger partial charge is 0.464 e. The van der Waals surface area contributed by atoms with Gasteiger partial charge in [-0.25, -0.2) is 0 Å². The average Bonchev–Trinajstić information content (AvgIpc) is 3.20. The number of nitrogens with one attached hydrogen (secondary N) is 1. The molecule has 1 N–H and O–H groups in total. The van der Waals surface area contributed by atoms with Crippen molar-refractivity contribution in [1.29, 1.82) is 5.26 Å². The second-order valence-corrected chi connectivity index (χ2v) is 6.75. The normalized spacial score (nSPS) is 14.9. The summed E-state index contributed by atoms with van der Waals surface area (Å²) in [5.74, 6) is -0.540. The SMILES string of the molecule is N#Cc1ccccc1NC(=O)CCOC(=O)C1(c2ccccc2)CCCC1. The lowest BCUT2D eigenvalue weighted by molar-refractivity contribution is -0.151. The minimum absolute atomic E-state index is 0.0218. The number of carbonyl (C=O) groups is 2. The molecule has 5 heteroatoms. The Kier molecular flexibility index (Phi) is 5.87. The second-order valence-electron chi connectivity index (χ2n) is 6.75. The van der Waals surface area contributed by atoms with Gasteiger partial charge < -0.3 is 10.1 Å². The van der Waals surface area contributed by atoms with Gasteiger partial charge in [-0.2, -0.15) is 5.26 Å². The molecule has 0 spiro atoms. The number of nitriles is 1. The van der Waals surface area contributed by atoms with Crippen molar-refractivity contribution in [2.45, 2.75) is 37.5 Å². The molecule has 0 bridgehead atoms. The van der Waals surface area contributed by atoms with Crippen LogP contribution < -0.4 is 5.32 Å². The Morgan fingerprint density at radius 2 is 1.70 bits per heavy atom. The van der Waals surface area contributed by atoms with Crippen molar-refractivity contribution < 1.29 is 14.3 Å². The van der Waals surface area contributed by atoms with Gasteiger partial charge in [0.05, 0.1) is 23.1 Å². The van der Waals surface area contributed by atoms with Gasteiger partial charge in [-0.15, -0.1) is 0 Å². The average molecular weight is 362 g/mol. The minimum Gasteiger partial charge on any atom is -0.464 e. The molecule has 138 valence electrons. The fourth-order valence-electron chi connectivity index (χ4n) is 3.62. The van der Waals surface area contributed by atoms with Crippen LogP contribution in [-0.2, 0) is 19.7 Å². The van der Waals surface area contributed by atoms with E-state index in [0.29, 0.717) is 11.3 Å². The zero-order valence-corrected chi connectivity index (χ0v) is 15.1. The van der Waals surface area contributed by atoms with E-state index in [1.54, 1.807) is 24.3 Å². The highest BCUT2D eigenvalue weighted by molar-refractivity contribution is 5.92. The Bertz CT molecular complexity index is 849. The Hall–Kier alpha value is -3.13. The molecular weight excluding hydrogens is 340 g/mol. The number of ether oxygens (including phenoxy) is 1. The summed E-state index contributed by atoms with van der Waals surface area (Å²) in [5.41, 5.74) is 1.26. The van der Waals surface area contributed by atoms with E-state index < -0.39 is 5.41 Å². The Labute approximate surface area is 159 Å². The third kappa shape index (κ3) is 4.17. The first kappa shape index (κ1) is 18.7. The predicted molar refractivity (Wildman–Crippen MR) is 102 cm³/mol. The fourth-order valence-corrected chi connectivity index (χ4v) is 3.62. The summed E-state index contributed by atoms with van der Waals surface area (Å²) in [5, 5.41) is 11.8. The van der Waals surface area contributed by atoms with Gasteiger partial charge in [-0.3, -0.25) is 9.59 Å². The van der Waals surface area contributed by atoms with Crippen molar-refractivity contribution >= 4 is 17.6 Å². The summed E-state index contributed by atoms with van der Waals surface area (Å²) in [4.78, 5) is 24.9. The fraction of sp³-hybridized carbons (Fsp3) is 0.318. The quantitative estimate of drug-likeness (QED) is 0.789. The van der Waals surface area contributed by atoms with E-state index in [1.165, 1.54) is 0 Å². The third-order valence-corrected chi connectivity index (χ3v) is 5.06. The zero-order valence-electron chi connectivity index (χ0n) is 15.1. The number of hydrogen-bond donors (Lipinski definition) is 1. The molecule has 1 aliphatic carbocycles. The van der Waals surface area contributed by atoms with Gasteiger partial charge in [0.2, 0.25) is 5.91 Å².